The summed E-state index contributed by atoms with van der Waals surface area (Å²) in [6, 6.07) is 6.27. The van der Waals surface area contributed by atoms with Crippen molar-refractivity contribution in [3.8, 4) is 5.69 Å². The highest BCUT2D eigenvalue weighted by atomic mass is 19.4. The van der Waals surface area contributed by atoms with Gasteiger partial charge in [0.05, 0.1) is 22.8 Å². The Kier molecular flexibility index (Phi) is 2.93. The van der Waals surface area contributed by atoms with Crippen LogP contribution in [0.3, 0.4) is 0 Å². The Morgan fingerprint density at radius 1 is 1.10 bits per heavy atom. The van der Waals surface area contributed by atoms with E-state index in [1.165, 1.54) is 35.9 Å². The van der Waals surface area contributed by atoms with Crippen LogP contribution in [0.5, 0.6) is 0 Å². The van der Waals surface area contributed by atoms with E-state index in [0.29, 0.717) is 5.69 Å². The van der Waals surface area contributed by atoms with Gasteiger partial charge in [-0.15, -0.1) is 0 Å². The molecule has 0 saturated carbocycles. The number of halogens is 4. The molecule has 0 aliphatic carbocycles. The largest absolute Gasteiger partial charge is 0.417 e. The summed E-state index contributed by atoms with van der Waals surface area (Å²) in [4.78, 5) is 4.12. The van der Waals surface area contributed by atoms with Crippen molar-refractivity contribution in [3.05, 3.63) is 53.6 Å². The lowest BCUT2D eigenvalue weighted by Crippen LogP contribution is -2.07. The van der Waals surface area contributed by atoms with Crippen LogP contribution in [-0.4, -0.2) is 14.8 Å². The minimum Gasteiger partial charge on any atom is -0.233 e. The topological polar surface area (TPSA) is 30.7 Å². The van der Waals surface area contributed by atoms with Gasteiger partial charge in [0.25, 0.3) is 0 Å². The zero-order chi connectivity index (χ0) is 15.2. The standard InChI is InChI=1S/C14H9F4N3/c1-8-6-12(14(16,17)18)11-7-19-21(13(11)20-8)10-4-2-9(15)3-5-10/h2-7H,1H3. The van der Waals surface area contributed by atoms with Crippen molar-refractivity contribution in [2.45, 2.75) is 13.1 Å². The molecule has 0 amide bonds. The maximum Gasteiger partial charge on any atom is 0.417 e. The number of alkyl halides is 3. The molecule has 0 aliphatic heterocycles. The lowest BCUT2D eigenvalue weighted by molar-refractivity contribution is -0.136. The molecular formula is C14H9F4N3. The van der Waals surface area contributed by atoms with Gasteiger partial charge in [-0.05, 0) is 37.3 Å². The van der Waals surface area contributed by atoms with Gasteiger partial charge in [0.2, 0.25) is 0 Å². The molecule has 0 fully saturated rings. The van der Waals surface area contributed by atoms with E-state index in [4.69, 9.17) is 0 Å². The Hall–Kier alpha value is -2.44. The van der Waals surface area contributed by atoms with Crippen LogP contribution in [0, 0.1) is 12.7 Å². The molecule has 0 atom stereocenters. The number of fused-ring (bicyclic) bond motifs is 1. The number of pyridine rings is 1. The maximum atomic E-state index is 13.0. The molecule has 0 bridgehead atoms. The van der Waals surface area contributed by atoms with Crippen LogP contribution >= 0.6 is 0 Å². The van der Waals surface area contributed by atoms with Gasteiger partial charge in [0, 0.05) is 5.69 Å². The summed E-state index contributed by atoms with van der Waals surface area (Å²) >= 11 is 0. The molecule has 0 aliphatic rings. The monoisotopic (exact) mass is 295 g/mol. The third-order valence-electron chi connectivity index (χ3n) is 3.05. The Morgan fingerprint density at radius 3 is 2.38 bits per heavy atom. The number of benzene rings is 1. The summed E-state index contributed by atoms with van der Waals surface area (Å²) in [6.07, 6.45) is -3.36. The second-order valence-corrected chi connectivity index (χ2v) is 4.58. The Morgan fingerprint density at radius 2 is 1.76 bits per heavy atom. The van der Waals surface area contributed by atoms with E-state index < -0.39 is 17.6 Å². The zero-order valence-corrected chi connectivity index (χ0v) is 10.8. The van der Waals surface area contributed by atoms with Crippen molar-refractivity contribution < 1.29 is 17.6 Å². The SMILES string of the molecule is Cc1cc(C(F)(F)F)c2cnn(-c3ccc(F)cc3)c2n1. The second kappa shape index (κ2) is 4.54. The lowest BCUT2D eigenvalue weighted by atomic mass is 10.1. The molecule has 1 aromatic carbocycles. The molecule has 108 valence electrons. The minimum atomic E-state index is -4.48. The average Bonchev–Trinajstić information content (AvgIpc) is 2.81. The first-order chi connectivity index (χ1) is 9.86. The van der Waals surface area contributed by atoms with Crippen LogP contribution in [0.15, 0.2) is 36.5 Å². The molecule has 0 radical (unpaired) electrons. The Labute approximate surface area is 116 Å². The molecule has 7 heteroatoms. The fourth-order valence-corrected chi connectivity index (χ4v) is 2.13. The molecule has 0 saturated heterocycles. The molecule has 3 aromatic rings. The number of hydrogen-bond donors (Lipinski definition) is 0. The summed E-state index contributed by atoms with van der Waals surface area (Å²) in [6.45, 7) is 1.48. The Balaban J connectivity index is 2.27. The van der Waals surface area contributed by atoms with Gasteiger partial charge in [0.15, 0.2) is 5.65 Å². The van der Waals surface area contributed by atoms with Crippen molar-refractivity contribution >= 4 is 11.0 Å². The summed E-state index contributed by atoms with van der Waals surface area (Å²) in [7, 11) is 0. The van der Waals surface area contributed by atoms with Gasteiger partial charge in [-0.3, -0.25) is 0 Å². The van der Waals surface area contributed by atoms with Crippen LogP contribution < -0.4 is 0 Å². The van der Waals surface area contributed by atoms with Gasteiger partial charge < -0.3 is 0 Å². The van der Waals surface area contributed by atoms with Crippen molar-refractivity contribution in [1.82, 2.24) is 14.8 Å². The maximum absolute atomic E-state index is 13.0. The molecule has 2 aromatic heterocycles. The van der Waals surface area contributed by atoms with Gasteiger partial charge in [-0.25, -0.2) is 14.1 Å². The number of aromatic nitrogens is 3. The summed E-state index contributed by atoms with van der Waals surface area (Å²) in [5.41, 5.74) is -0.0105. The second-order valence-electron chi connectivity index (χ2n) is 4.58. The number of nitrogens with zero attached hydrogens (tertiary/aromatic N) is 3. The molecule has 2 heterocycles. The highest BCUT2D eigenvalue weighted by Gasteiger charge is 2.34. The predicted octanol–water partition coefficient (Wildman–Crippen LogP) is 3.89. The third kappa shape index (κ3) is 2.35. The Bertz CT molecular complexity index is 803. The first kappa shape index (κ1) is 13.5. The number of aryl methyl sites for hydroxylation is 1. The fraction of sp³-hybridized carbons (Fsp3) is 0.143. The van der Waals surface area contributed by atoms with E-state index in [1.54, 1.807) is 0 Å². The van der Waals surface area contributed by atoms with Gasteiger partial charge in [0.1, 0.15) is 5.82 Å². The smallest absolute Gasteiger partial charge is 0.233 e. The van der Waals surface area contributed by atoms with Crippen molar-refractivity contribution in [2.75, 3.05) is 0 Å². The minimum absolute atomic E-state index is 0.0857. The molecule has 0 N–H and O–H groups in total. The molecule has 3 rings (SSSR count). The van der Waals surface area contributed by atoms with Crippen molar-refractivity contribution in [1.29, 1.82) is 0 Å². The number of hydrogen-bond acceptors (Lipinski definition) is 2. The van der Waals surface area contributed by atoms with E-state index in [1.807, 2.05) is 0 Å². The number of rotatable bonds is 1. The zero-order valence-electron chi connectivity index (χ0n) is 10.8. The first-order valence-corrected chi connectivity index (χ1v) is 6.05. The van der Waals surface area contributed by atoms with Crippen molar-refractivity contribution in [3.63, 3.8) is 0 Å². The van der Waals surface area contributed by atoms with E-state index in [0.717, 1.165) is 12.3 Å². The first-order valence-electron chi connectivity index (χ1n) is 6.05. The molecular weight excluding hydrogens is 286 g/mol. The predicted molar refractivity (Wildman–Crippen MR) is 68.6 cm³/mol. The molecule has 0 unspecified atom stereocenters. The van der Waals surface area contributed by atoms with Crippen LogP contribution in [-0.2, 0) is 6.18 Å². The summed E-state index contributed by atoms with van der Waals surface area (Å²) in [5.74, 6) is -0.435. The normalized spacial score (nSPS) is 12.0. The van der Waals surface area contributed by atoms with Gasteiger partial charge >= 0.3 is 6.18 Å². The van der Waals surface area contributed by atoms with Crippen molar-refractivity contribution in [2.24, 2.45) is 0 Å². The summed E-state index contributed by atoms with van der Waals surface area (Å²) in [5, 5.41) is 3.86. The van der Waals surface area contributed by atoms with E-state index in [9.17, 15) is 17.6 Å². The lowest BCUT2D eigenvalue weighted by Gasteiger charge is -2.09. The van der Waals surface area contributed by atoms with Gasteiger partial charge in [-0.1, -0.05) is 0 Å². The highest BCUT2D eigenvalue weighted by Crippen LogP contribution is 2.35. The van der Waals surface area contributed by atoms with Crippen LogP contribution in [0.25, 0.3) is 16.7 Å². The third-order valence-corrected chi connectivity index (χ3v) is 3.05. The fourth-order valence-electron chi connectivity index (χ4n) is 2.13. The van der Waals surface area contributed by atoms with E-state index >= 15 is 0 Å². The van der Waals surface area contributed by atoms with E-state index in [-0.39, 0.29) is 16.7 Å². The van der Waals surface area contributed by atoms with Crippen LogP contribution in [0.1, 0.15) is 11.3 Å². The molecule has 3 nitrogen and oxygen atoms in total. The highest BCUT2D eigenvalue weighted by molar-refractivity contribution is 5.81. The van der Waals surface area contributed by atoms with Crippen LogP contribution in [0.2, 0.25) is 0 Å². The van der Waals surface area contributed by atoms with Gasteiger partial charge in [-0.2, -0.15) is 18.3 Å². The summed E-state index contributed by atoms with van der Waals surface area (Å²) < 4.78 is 53.3. The van der Waals surface area contributed by atoms with E-state index in [2.05, 4.69) is 10.1 Å². The average molecular weight is 295 g/mol. The molecule has 0 spiro atoms. The van der Waals surface area contributed by atoms with Crippen LogP contribution in [0.4, 0.5) is 17.6 Å². The quantitative estimate of drug-likeness (QED) is 0.638. The molecule has 21 heavy (non-hydrogen) atoms.